The fourth-order valence-electron chi connectivity index (χ4n) is 1.55. The summed E-state index contributed by atoms with van der Waals surface area (Å²) in [6.07, 6.45) is 0. The van der Waals surface area contributed by atoms with Gasteiger partial charge in [0, 0.05) is 23.1 Å². The minimum Gasteiger partial charge on any atom is -0.384 e. The van der Waals surface area contributed by atoms with Crippen molar-refractivity contribution in [2.45, 2.75) is 17.8 Å². The van der Waals surface area contributed by atoms with E-state index in [1.165, 1.54) is 17.8 Å². The highest BCUT2D eigenvalue weighted by molar-refractivity contribution is 7.98. The zero-order valence-corrected chi connectivity index (χ0v) is 11.3. The van der Waals surface area contributed by atoms with Gasteiger partial charge in [-0.3, -0.25) is 10.2 Å². The van der Waals surface area contributed by atoms with Crippen LogP contribution in [0.5, 0.6) is 0 Å². The molecule has 1 heterocycles. The average molecular weight is 274 g/mol. The maximum atomic E-state index is 11.3. The van der Waals surface area contributed by atoms with Crippen LogP contribution >= 0.6 is 11.8 Å². The zero-order chi connectivity index (χ0) is 13.8. The molecule has 0 radical (unpaired) electrons. The Morgan fingerprint density at radius 3 is 2.68 bits per heavy atom. The van der Waals surface area contributed by atoms with Crippen LogP contribution in [0.25, 0.3) is 0 Å². The second-order valence-electron chi connectivity index (χ2n) is 4.09. The third-order valence-electron chi connectivity index (χ3n) is 2.49. The largest absolute Gasteiger partial charge is 0.384 e. The number of thioether (sulfide) groups is 1. The van der Waals surface area contributed by atoms with E-state index in [2.05, 4.69) is 9.97 Å². The lowest BCUT2D eigenvalue weighted by atomic mass is 10.1. The summed E-state index contributed by atoms with van der Waals surface area (Å²) in [6.45, 7) is 1.79. The Morgan fingerprint density at radius 2 is 2.11 bits per heavy atom. The molecule has 4 N–H and O–H groups in total. The quantitative estimate of drug-likeness (QED) is 0.342. The SMILES string of the molecule is Cc1cc(=O)[nH]c(SCc2ccc(C(=N)N)cc2)n1. The molecule has 0 amide bonds. The van der Waals surface area contributed by atoms with Crippen molar-refractivity contribution in [1.82, 2.24) is 9.97 Å². The Hall–Kier alpha value is -2.08. The lowest BCUT2D eigenvalue weighted by Crippen LogP contribution is -2.10. The number of hydrogen-bond acceptors (Lipinski definition) is 4. The van der Waals surface area contributed by atoms with Crippen molar-refractivity contribution in [3.63, 3.8) is 0 Å². The molecule has 0 aliphatic rings. The summed E-state index contributed by atoms with van der Waals surface area (Å²) in [5, 5.41) is 7.92. The van der Waals surface area contributed by atoms with Crippen LogP contribution in [0.1, 0.15) is 16.8 Å². The van der Waals surface area contributed by atoms with Crippen LogP contribution < -0.4 is 11.3 Å². The number of aromatic nitrogens is 2. The summed E-state index contributed by atoms with van der Waals surface area (Å²) >= 11 is 1.46. The molecule has 0 saturated carbocycles. The van der Waals surface area contributed by atoms with Crippen molar-refractivity contribution in [1.29, 1.82) is 5.41 Å². The Morgan fingerprint density at radius 1 is 1.42 bits per heavy atom. The topological polar surface area (TPSA) is 95.6 Å². The smallest absolute Gasteiger partial charge is 0.251 e. The molecule has 98 valence electrons. The lowest BCUT2D eigenvalue weighted by molar-refractivity contribution is 0.905. The zero-order valence-electron chi connectivity index (χ0n) is 10.4. The molecular formula is C13H14N4OS. The van der Waals surface area contributed by atoms with E-state index >= 15 is 0 Å². The molecule has 6 heteroatoms. The summed E-state index contributed by atoms with van der Waals surface area (Å²) < 4.78 is 0. The molecule has 0 unspecified atom stereocenters. The number of nitrogens with two attached hydrogens (primary N) is 1. The molecule has 1 aromatic heterocycles. The minimum absolute atomic E-state index is 0.0592. The first kappa shape index (κ1) is 13.4. The van der Waals surface area contributed by atoms with E-state index in [1.54, 1.807) is 6.92 Å². The number of nitrogens with one attached hydrogen (secondary N) is 2. The fraction of sp³-hybridized carbons (Fsp3) is 0.154. The van der Waals surface area contributed by atoms with Crippen LogP contribution in [0.2, 0.25) is 0 Å². The molecule has 0 aliphatic carbocycles. The van der Waals surface area contributed by atoms with Crippen molar-refractivity contribution in [2.24, 2.45) is 5.73 Å². The predicted molar refractivity (Wildman–Crippen MR) is 76.6 cm³/mol. The third-order valence-corrected chi connectivity index (χ3v) is 3.43. The number of rotatable bonds is 4. The van der Waals surface area contributed by atoms with Gasteiger partial charge in [-0.05, 0) is 12.5 Å². The number of hydrogen-bond donors (Lipinski definition) is 3. The molecule has 0 fully saturated rings. The van der Waals surface area contributed by atoms with E-state index in [4.69, 9.17) is 11.1 Å². The predicted octanol–water partition coefficient (Wildman–Crippen LogP) is 1.65. The Bertz CT molecular complexity index is 648. The van der Waals surface area contributed by atoms with Crippen LogP contribution in [0, 0.1) is 12.3 Å². The number of aryl methyl sites for hydroxylation is 1. The summed E-state index contributed by atoms with van der Waals surface area (Å²) in [7, 11) is 0. The maximum Gasteiger partial charge on any atom is 0.251 e. The lowest BCUT2D eigenvalue weighted by Gasteiger charge is -2.03. The molecule has 2 rings (SSSR count). The van der Waals surface area contributed by atoms with Crippen molar-refractivity contribution in [3.8, 4) is 0 Å². The van der Waals surface area contributed by atoms with Gasteiger partial charge in [-0.25, -0.2) is 4.98 Å². The summed E-state index contributed by atoms with van der Waals surface area (Å²) in [5.41, 5.74) is 7.75. The van der Waals surface area contributed by atoms with Crippen molar-refractivity contribution < 1.29 is 0 Å². The Balaban J connectivity index is 2.06. The van der Waals surface area contributed by atoms with Crippen molar-refractivity contribution >= 4 is 17.6 Å². The number of amidine groups is 1. The maximum absolute atomic E-state index is 11.3. The summed E-state index contributed by atoms with van der Waals surface area (Å²) in [6, 6.07) is 8.91. The van der Waals surface area contributed by atoms with Gasteiger partial charge in [0.2, 0.25) is 0 Å². The van der Waals surface area contributed by atoms with Gasteiger partial charge in [-0.2, -0.15) is 0 Å². The van der Waals surface area contributed by atoms with Crippen LogP contribution in [0.4, 0.5) is 0 Å². The molecule has 0 aliphatic heterocycles. The van der Waals surface area contributed by atoms with Crippen LogP contribution in [0.3, 0.4) is 0 Å². The Kier molecular flexibility index (Phi) is 4.01. The molecule has 0 atom stereocenters. The Labute approximate surface area is 114 Å². The molecule has 5 nitrogen and oxygen atoms in total. The van der Waals surface area contributed by atoms with Gasteiger partial charge in [0.1, 0.15) is 5.84 Å². The minimum atomic E-state index is -0.137. The van der Waals surface area contributed by atoms with Gasteiger partial charge in [-0.15, -0.1) is 0 Å². The van der Waals surface area contributed by atoms with Gasteiger partial charge in [0.25, 0.3) is 5.56 Å². The average Bonchev–Trinajstić information content (AvgIpc) is 2.36. The van der Waals surface area contributed by atoms with E-state index in [0.29, 0.717) is 22.2 Å². The van der Waals surface area contributed by atoms with Crippen molar-refractivity contribution in [2.75, 3.05) is 0 Å². The van der Waals surface area contributed by atoms with Crippen LogP contribution in [0.15, 0.2) is 40.3 Å². The van der Waals surface area contributed by atoms with E-state index in [1.807, 2.05) is 24.3 Å². The summed E-state index contributed by atoms with van der Waals surface area (Å²) in [4.78, 5) is 18.2. The van der Waals surface area contributed by atoms with E-state index in [9.17, 15) is 4.79 Å². The number of benzene rings is 1. The molecular weight excluding hydrogens is 260 g/mol. The number of aromatic amines is 1. The van der Waals surface area contributed by atoms with Crippen LogP contribution in [-0.2, 0) is 5.75 Å². The number of nitrogen functional groups attached to an aromatic ring is 1. The second kappa shape index (κ2) is 5.71. The fourth-order valence-corrected chi connectivity index (χ4v) is 2.43. The number of H-pyrrole nitrogens is 1. The van der Waals surface area contributed by atoms with Gasteiger partial charge in [0.05, 0.1) is 0 Å². The monoisotopic (exact) mass is 274 g/mol. The first-order valence-electron chi connectivity index (χ1n) is 5.69. The molecule has 1 aromatic carbocycles. The molecule has 0 saturated heterocycles. The first-order chi connectivity index (χ1) is 9.04. The molecule has 2 aromatic rings. The standard InChI is InChI=1S/C13H14N4OS/c1-8-6-11(18)17-13(16-8)19-7-9-2-4-10(5-3-9)12(14)15/h2-6H,7H2,1H3,(H3,14,15)(H,16,17,18). The van der Waals surface area contributed by atoms with Gasteiger partial charge < -0.3 is 10.7 Å². The normalized spacial score (nSPS) is 10.4. The van der Waals surface area contributed by atoms with Gasteiger partial charge >= 0.3 is 0 Å². The highest BCUT2D eigenvalue weighted by Gasteiger charge is 2.01. The third kappa shape index (κ3) is 3.69. The number of nitrogens with zero attached hydrogens (tertiary/aromatic N) is 1. The second-order valence-corrected chi connectivity index (χ2v) is 5.06. The molecule has 0 spiro atoms. The molecule has 0 bridgehead atoms. The summed E-state index contributed by atoms with van der Waals surface area (Å²) in [5.74, 6) is 0.758. The van der Waals surface area contributed by atoms with E-state index < -0.39 is 0 Å². The van der Waals surface area contributed by atoms with Crippen molar-refractivity contribution in [3.05, 3.63) is 57.5 Å². The van der Waals surface area contributed by atoms with Gasteiger partial charge in [-0.1, -0.05) is 36.0 Å². The van der Waals surface area contributed by atoms with E-state index in [-0.39, 0.29) is 11.4 Å². The highest BCUT2D eigenvalue weighted by atomic mass is 32.2. The molecule has 19 heavy (non-hydrogen) atoms. The van der Waals surface area contributed by atoms with Crippen LogP contribution in [-0.4, -0.2) is 15.8 Å². The van der Waals surface area contributed by atoms with E-state index in [0.717, 1.165) is 5.56 Å². The first-order valence-corrected chi connectivity index (χ1v) is 6.67. The van der Waals surface area contributed by atoms with Gasteiger partial charge in [0.15, 0.2) is 5.16 Å². The highest BCUT2D eigenvalue weighted by Crippen LogP contribution is 2.18.